The largest absolute Gasteiger partial charge is 0.467 e. The first kappa shape index (κ1) is 13.8. The van der Waals surface area contributed by atoms with E-state index in [0.717, 1.165) is 34.2 Å². The van der Waals surface area contributed by atoms with Gasteiger partial charge in [-0.15, -0.1) is 0 Å². The van der Waals surface area contributed by atoms with Crippen molar-refractivity contribution >= 4 is 32.5 Å². The molecule has 0 radical (unpaired) electrons. The average Bonchev–Trinajstić information content (AvgIpc) is 3.08. The van der Waals surface area contributed by atoms with Crippen LogP contribution >= 0.6 is 15.9 Å². The highest BCUT2D eigenvalue weighted by molar-refractivity contribution is 9.10. The molecule has 5 heteroatoms. The number of anilines is 1. The van der Waals surface area contributed by atoms with Crippen molar-refractivity contribution in [1.29, 1.82) is 0 Å². The van der Waals surface area contributed by atoms with Crippen molar-refractivity contribution in [3.05, 3.63) is 59.1 Å². The fourth-order valence-corrected chi connectivity index (χ4v) is 3.25. The third-order valence-corrected chi connectivity index (χ3v) is 4.44. The number of pyridine rings is 1. The lowest BCUT2D eigenvalue weighted by atomic mass is 10.1. The molecule has 3 heterocycles. The summed E-state index contributed by atoms with van der Waals surface area (Å²) in [6.45, 7) is 2.33. The Morgan fingerprint density at radius 1 is 1.23 bits per heavy atom. The molecule has 1 atom stereocenters. The van der Waals surface area contributed by atoms with Crippen molar-refractivity contribution in [2.45, 2.75) is 6.10 Å². The number of halogens is 1. The van der Waals surface area contributed by atoms with Crippen molar-refractivity contribution in [1.82, 2.24) is 4.98 Å². The molecule has 2 aromatic heterocycles. The van der Waals surface area contributed by atoms with E-state index in [1.165, 1.54) is 5.69 Å². The van der Waals surface area contributed by atoms with Crippen LogP contribution in [0.4, 0.5) is 5.69 Å². The predicted octanol–water partition coefficient (Wildman–Crippen LogP) is 4.17. The number of rotatable bonds is 2. The zero-order valence-corrected chi connectivity index (χ0v) is 13.5. The van der Waals surface area contributed by atoms with Gasteiger partial charge in [0.1, 0.15) is 11.9 Å². The van der Waals surface area contributed by atoms with Crippen LogP contribution in [-0.4, -0.2) is 24.7 Å². The number of morpholine rings is 1. The Morgan fingerprint density at radius 3 is 3.05 bits per heavy atom. The van der Waals surface area contributed by atoms with Gasteiger partial charge in [-0.1, -0.05) is 15.9 Å². The molecule has 3 aromatic rings. The lowest BCUT2D eigenvalue weighted by Gasteiger charge is -2.34. The molecule has 0 bridgehead atoms. The van der Waals surface area contributed by atoms with Crippen molar-refractivity contribution in [3.8, 4) is 0 Å². The van der Waals surface area contributed by atoms with E-state index in [9.17, 15) is 0 Å². The normalized spacial score (nSPS) is 18.8. The first-order chi connectivity index (χ1) is 10.8. The van der Waals surface area contributed by atoms with E-state index in [1.807, 2.05) is 24.4 Å². The molecular formula is C17H15BrN2O2. The number of benzene rings is 1. The molecule has 1 fully saturated rings. The van der Waals surface area contributed by atoms with E-state index >= 15 is 0 Å². The second-order valence-electron chi connectivity index (χ2n) is 5.31. The van der Waals surface area contributed by atoms with Gasteiger partial charge in [0, 0.05) is 28.3 Å². The van der Waals surface area contributed by atoms with Gasteiger partial charge in [0.25, 0.3) is 0 Å². The maximum atomic E-state index is 5.85. The second-order valence-corrected chi connectivity index (χ2v) is 6.23. The van der Waals surface area contributed by atoms with Gasteiger partial charge in [0.15, 0.2) is 0 Å². The highest BCUT2D eigenvalue weighted by atomic mass is 79.9. The topological polar surface area (TPSA) is 38.5 Å². The number of nitrogens with zero attached hydrogens (tertiary/aromatic N) is 2. The molecular weight excluding hydrogens is 344 g/mol. The lowest BCUT2D eigenvalue weighted by molar-refractivity contribution is 0.0258. The third-order valence-electron chi connectivity index (χ3n) is 3.95. The van der Waals surface area contributed by atoms with Gasteiger partial charge in [-0.05, 0) is 36.4 Å². The predicted molar refractivity (Wildman–Crippen MR) is 89.1 cm³/mol. The first-order valence-corrected chi connectivity index (χ1v) is 8.05. The minimum atomic E-state index is -0.0255. The van der Waals surface area contributed by atoms with Crippen LogP contribution in [0.2, 0.25) is 0 Å². The van der Waals surface area contributed by atoms with Gasteiger partial charge in [0.05, 0.1) is 24.9 Å². The number of furan rings is 1. The van der Waals surface area contributed by atoms with Crippen molar-refractivity contribution in [2.24, 2.45) is 0 Å². The van der Waals surface area contributed by atoms with Crippen LogP contribution in [0.25, 0.3) is 10.9 Å². The monoisotopic (exact) mass is 358 g/mol. The van der Waals surface area contributed by atoms with E-state index in [2.05, 4.69) is 44.0 Å². The van der Waals surface area contributed by atoms with Gasteiger partial charge < -0.3 is 14.1 Å². The Balaban J connectivity index is 1.69. The summed E-state index contributed by atoms with van der Waals surface area (Å²) in [6.07, 6.45) is 3.53. The molecule has 1 unspecified atom stereocenters. The molecule has 0 N–H and O–H groups in total. The van der Waals surface area contributed by atoms with Crippen LogP contribution in [0, 0.1) is 0 Å². The van der Waals surface area contributed by atoms with Crippen LogP contribution in [0.5, 0.6) is 0 Å². The van der Waals surface area contributed by atoms with E-state index in [1.54, 1.807) is 6.26 Å². The maximum Gasteiger partial charge on any atom is 0.134 e. The Hall–Kier alpha value is -1.85. The summed E-state index contributed by atoms with van der Waals surface area (Å²) in [7, 11) is 0. The summed E-state index contributed by atoms with van der Waals surface area (Å²) in [4.78, 5) is 6.80. The molecule has 0 aliphatic carbocycles. The summed E-state index contributed by atoms with van der Waals surface area (Å²) in [5, 5.41) is 1.16. The van der Waals surface area contributed by atoms with E-state index in [-0.39, 0.29) is 6.10 Å². The smallest absolute Gasteiger partial charge is 0.134 e. The quantitative estimate of drug-likeness (QED) is 0.689. The van der Waals surface area contributed by atoms with E-state index < -0.39 is 0 Å². The molecule has 4 nitrogen and oxygen atoms in total. The van der Waals surface area contributed by atoms with E-state index in [4.69, 9.17) is 9.15 Å². The van der Waals surface area contributed by atoms with Gasteiger partial charge in [-0.2, -0.15) is 0 Å². The van der Waals surface area contributed by atoms with Crippen molar-refractivity contribution in [2.75, 3.05) is 24.6 Å². The SMILES string of the molecule is Brc1ccc2c(N3CCOC(c4ccco4)C3)ccnc2c1. The number of hydrogen-bond donors (Lipinski definition) is 0. The summed E-state index contributed by atoms with van der Waals surface area (Å²) in [6, 6.07) is 12.1. The number of ether oxygens (including phenoxy) is 1. The molecule has 1 aliphatic heterocycles. The van der Waals surface area contributed by atoms with Gasteiger partial charge in [0.2, 0.25) is 0 Å². The highest BCUT2D eigenvalue weighted by Crippen LogP contribution is 2.31. The van der Waals surface area contributed by atoms with Gasteiger partial charge in [-0.3, -0.25) is 4.98 Å². The molecule has 1 aromatic carbocycles. The fraction of sp³-hybridized carbons (Fsp3) is 0.235. The minimum absolute atomic E-state index is 0.0255. The Labute approximate surface area is 136 Å². The summed E-state index contributed by atoms with van der Waals surface area (Å²) in [5.41, 5.74) is 2.19. The summed E-state index contributed by atoms with van der Waals surface area (Å²) < 4.78 is 12.4. The highest BCUT2D eigenvalue weighted by Gasteiger charge is 2.25. The van der Waals surface area contributed by atoms with Crippen LogP contribution in [0.1, 0.15) is 11.9 Å². The van der Waals surface area contributed by atoms with Crippen LogP contribution in [0.3, 0.4) is 0 Å². The standard InChI is InChI=1S/C17H15BrN2O2/c18-12-3-4-13-14(10-12)19-6-5-15(13)20-7-9-22-17(11-20)16-2-1-8-21-16/h1-6,8,10,17H,7,9,11H2. The number of aromatic nitrogens is 1. The zero-order valence-electron chi connectivity index (χ0n) is 11.9. The van der Waals surface area contributed by atoms with Crippen molar-refractivity contribution in [3.63, 3.8) is 0 Å². The Kier molecular flexibility index (Phi) is 3.60. The minimum Gasteiger partial charge on any atom is -0.467 e. The van der Waals surface area contributed by atoms with E-state index in [0.29, 0.717) is 6.61 Å². The average molecular weight is 359 g/mol. The fourth-order valence-electron chi connectivity index (χ4n) is 2.90. The van der Waals surface area contributed by atoms with Gasteiger partial charge >= 0.3 is 0 Å². The zero-order chi connectivity index (χ0) is 14.9. The molecule has 1 saturated heterocycles. The molecule has 0 amide bonds. The molecule has 1 aliphatic rings. The van der Waals surface area contributed by atoms with Crippen molar-refractivity contribution < 1.29 is 9.15 Å². The molecule has 4 rings (SSSR count). The first-order valence-electron chi connectivity index (χ1n) is 7.25. The molecule has 22 heavy (non-hydrogen) atoms. The van der Waals surface area contributed by atoms with Crippen LogP contribution in [-0.2, 0) is 4.74 Å². The third kappa shape index (κ3) is 2.51. The van der Waals surface area contributed by atoms with Crippen LogP contribution in [0.15, 0.2) is 57.7 Å². The molecule has 0 spiro atoms. The lowest BCUT2D eigenvalue weighted by Crippen LogP contribution is -2.38. The Bertz CT molecular complexity index is 788. The molecule has 0 saturated carbocycles. The van der Waals surface area contributed by atoms with Gasteiger partial charge in [-0.25, -0.2) is 0 Å². The summed E-state index contributed by atoms with van der Waals surface area (Å²) >= 11 is 3.50. The maximum absolute atomic E-state index is 5.85. The number of fused-ring (bicyclic) bond motifs is 1. The second kappa shape index (κ2) is 5.74. The number of hydrogen-bond acceptors (Lipinski definition) is 4. The molecule has 112 valence electrons. The Morgan fingerprint density at radius 2 is 2.18 bits per heavy atom. The summed E-state index contributed by atoms with van der Waals surface area (Å²) in [5.74, 6) is 0.880. The van der Waals surface area contributed by atoms with Crippen LogP contribution < -0.4 is 4.90 Å².